The van der Waals surface area contributed by atoms with E-state index in [1.807, 2.05) is 19.0 Å². The molecule has 1 aromatic carbocycles. The van der Waals surface area contributed by atoms with E-state index in [-0.39, 0.29) is 17.1 Å². The zero-order valence-electron chi connectivity index (χ0n) is 12.9. The fourth-order valence-electron chi connectivity index (χ4n) is 1.64. The Morgan fingerprint density at radius 3 is 2.43 bits per heavy atom. The molecule has 0 saturated carbocycles. The average Bonchev–Trinajstić information content (AvgIpc) is 2.45. The Bertz CT molecular complexity index is 584. The molecule has 0 spiro atoms. The molecule has 6 nitrogen and oxygen atoms in total. The maximum Gasteiger partial charge on any atom is 0.338 e. The maximum absolute atomic E-state index is 12.4. The monoisotopic (exact) mass is 314 g/mol. The molecule has 1 rings (SSSR count). The number of carbonyl (C=O) groups excluding carboxylic acids is 1. The van der Waals surface area contributed by atoms with Crippen LogP contribution in [0.2, 0.25) is 0 Å². The van der Waals surface area contributed by atoms with Gasteiger partial charge in [0.15, 0.2) is 0 Å². The first-order valence-corrected chi connectivity index (χ1v) is 8.11. The summed E-state index contributed by atoms with van der Waals surface area (Å²) in [7, 11) is 1.67. The quantitative estimate of drug-likeness (QED) is 0.704. The zero-order chi connectivity index (χ0) is 16.0. The SMILES string of the molecule is CCOC(=O)c1cccc(S(=O)(=O)N(C)CCN(C)C)c1. The zero-order valence-corrected chi connectivity index (χ0v) is 13.7. The predicted octanol–water partition coefficient (Wildman–Crippen LogP) is 1.05. The van der Waals surface area contributed by atoms with Gasteiger partial charge in [-0.1, -0.05) is 6.07 Å². The standard InChI is InChI=1S/C14H22N2O4S/c1-5-20-14(17)12-7-6-8-13(11-12)21(18,19)16(4)10-9-15(2)3/h6-8,11H,5,9-10H2,1-4H3. The van der Waals surface area contributed by atoms with Gasteiger partial charge in [0, 0.05) is 20.1 Å². The topological polar surface area (TPSA) is 66.9 Å². The van der Waals surface area contributed by atoms with Crippen LogP contribution in [0.4, 0.5) is 0 Å². The third-order valence-electron chi connectivity index (χ3n) is 2.92. The fraction of sp³-hybridized carbons (Fsp3) is 0.500. The lowest BCUT2D eigenvalue weighted by Crippen LogP contribution is -2.33. The minimum absolute atomic E-state index is 0.0920. The van der Waals surface area contributed by atoms with Crippen molar-refractivity contribution in [2.24, 2.45) is 0 Å². The van der Waals surface area contributed by atoms with E-state index in [1.165, 1.54) is 29.6 Å². The number of esters is 1. The molecule has 0 bridgehead atoms. The van der Waals surface area contributed by atoms with Crippen LogP contribution >= 0.6 is 0 Å². The van der Waals surface area contributed by atoms with Gasteiger partial charge in [-0.2, -0.15) is 4.31 Å². The van der Waals surface area contributed by atoms with E-state index < -0.39 is 16.0 Å². The molecule has 0 radical (unpaired) electrons. The van der Waals surface area contributed by atoms with Gasteiger partial charge >= 0.3 is 5.97 Å². The minimum Gasteiger partial charge on any atom is -0.462 e. The summed E-state index contributed by atoms with van der Waals surface area (Å²) in [5, 5.41) is 0. The first-order chi connectivity index (χ1) is 9.78. The molecule has 0 atom stereocenters. The molecule has 0 amide bonds. The summed E-state index contributed by atoms with van der Waals surface area (Å²) in [5.41, 5.74) is 0.235. The number of hydrogen-bond donors (Lipinski definition) is 0. The van der Waals surface area contributed by atoms with Crippen LogP contribution in [-0.4, -0.2) is 64.4 Å². The minimum atomic E-state index is -3.61. The predicted molar refractivity (Wildman–Crippen MR) is 80.8 cm³/mol. The highest BCUT2D eigenvalue weighted by Gasteiger charge is 2.22. The van der Waals surface area contributed by atoms with Crippen LogP contribution in [0.15, 0.2) is 29.2 Å². The number of ether oxygens (including phenoxy) is 1. The molecule has 0 aliphatic heterocycles. The van der Waals surface area contributed by atoms with E-state index in [1.54, 1.807) is 13.0 Å². The largest absolute Gasteiger partial charge is 0.462 e. The summed E-state index contributed by atoms with van der Waals surface area (Å²) in [5.74, 6) is -0.523. The normalized spacial score (nSPS) is 11.9. The van der Waals surface area contributed by atoms with Crippen molar-refractivity contribution in [1.29, 1.82) is 0 Å². The Balaban J connectivity index is 2.98. The van der Waals surface area contributed by atoms with Crippen LogP contribution in [0.1, 0.15) is 17.3 Å². The molecule has 7 heteroatoms. The number of sulfonamides is 1. The molecule has 0 aromatic heterocycles. The summed E-state index contributed by atoms with van der Waals surface area (Å²) in [6, 6.07) is 5.90. The van der Waals surface area contributed by atoms with Crippen LogP contribution < -0.4 is 0 Å². The molecule has 0 aliphatic rings. The van der Waals surface area contributed by atoms with Gasteiger partial charge in [-0.05, 0) is 39.2 Å². The summed E-state index contributed by atoms with van der Waals surface area (Å²) in [6.07, 6.45) is 0. The maximum atomic E-state index is 12.4. The van der Waals surface area contributed by atoms with E-state index in [0.717, 1.165) is 0 Å². The Hall–Kier alpha value is -1.44. The molecule has 0 unspecified atom stereocenters. The highest BCUT2D eigenvalue weighted by atomic mass is 32.2. The molecule has 118 valence electrons. The lowest BCUT2D eigenvalue weighted by Gasteiger charge is -2.19. The molecule has 0 saturated heterocycles. The third kappa shape index (κ3) is 4.80. The second kappa shape index (κ2) is 7.53. The molecule has 0 heterocycles. The molecule has 21 heavy (non-hydrogen) atoms. The van der Waals surface area contributed by atoms with Crippen LogP contribution in [0.5, 0.6) is 0 Å². The van der Waals surface area contributed by atoms with Crippen molar-refractivity contribution in [3.05, 3.63) is 29.8 Å². The van der Waals surface area contributed by atoms with E-state index in [9.17, 15) is 13.2 Å². The highest BCUT2D eigenvalue weighted by Crippen LogP contribution is 2.16. The Kier molecular flexibility index (Phi) is 6.32. The second-order valence-corrected chi connectivity index (χ2v) is 6.92. The van der Waals surface area contributed by atoms with Crippen molar-refractivity contribution in [3.8, 4) is 0 Å². The van der Waals surface area contributed by atoms with Crippen molar-refractivity contribution in [2.45, 2.75) is 11.8 Å². The third-order valence-corrected chi connectivity index (χ3v) is 4.77. The van der Waals surface area contributed by atoms with Gasteiger partial charge in [-0.25, -0.2) is 13.2 Å². The van der Waals surface area contributed by atoms with Crippen LogP contribution in [0.3, 0.4) is 0 Å². The van der Waals surface area contributed by atoms with Crippen molar-refractivity contribution >= 4 is 16.0 Å². The van der Waals surface area contributed by atoms with Gasteiger partial charge in [0.1, 0.15) is 0 Å². The van der Waals surface area contributed by atoms with Gasteiger partial charge in [-0.3, -0.25) is 0 Å². The average molecular weight is 314 g/mol. The van der Waals surface area contributed by atoms with Crippen molar-refractivity contribution in [2.75, 3.05) is 40.8 Å². The summed E-state index contributed by atoms with van der Waals surface area (Å²) >= 11 is 0. The van der Waals surface area contributed by atoms with E-state index in [0.29, 0.717) is 13.1 Å². The van der Waals surface area contributed by atoms with Gasteiger partial charge in [0.2, 0.25) is 10.0 Å². The van der Waals surface area contributed by atoms with Gasteiger partial charge in [0.05, 0.1) is 17.1 Å². The van der Waals surface area contributed by atoms with Crippen molar-refractivity contribution in [3.63, 3.8) is 0 Å². The second-order valence-electron chi connectivity index (χ2n) is 4.88. The van der Waals surface area contributed by atoms with E-state index >= 15 is 0 Å². The molecule has 1 aromatic rings. The van der Waals surface area contributed by atoms with Gasteiger partial charge in [0.25, 0.3) is 0 Å². The summed E-state index contributed by atoms with van der Waals surface area (Å²) in [4.78, 5) is 13.7. The first-order valence-electron chi connectivity index (χ1n) is 6.67. The molecule has 0 aliphatic carbocycles. The van der Waals surface area contributed by atoms with E-state index in [4.69, 9.17) is 4.74 Å². The van der Waals surface area contributed by atoms with Crippen molar-refractivity contribution in [1.82, 2.24) is 9.21 Å². The van der Waals surface area contributed by atoms with Gasteiger partial charge < -0.3 is 9.64 Å². The number of benzene rings is 1. The number of nitrogens with zero attached hydrogens (tertiary/aromatic N) is 2. The first kappa shape index (κ1) is 17.6. The number of carbonyl (C=O) groups is 1. The van der Waals surface area contributed by atoms with Crippen LogP contribution in [0, 0.1) is 0 Å². The Morgan fingerprint density at radius 1 is 1.19 bits per heavy atom. The van der Waals surface area contributed by atoms with Crippen molar-refractivity contribution < 1.29 is 17.9 Å². The Labute approximate surface area is 126 Å². The summed E-state index contributed by atoms with van der Waals surface area (Å²) < 4.78 is 31.0. The lowest BCUT2D eigenvalue weighted by atomic mass is 10.2. The number of likely N-dealkylation sites (N-methyl/N-ethyl adjacent to an activating group) is 2. The molecular formula is C14H22N2O4S. The smallest absolute Gasteiger partial charge is 0.338 e. The molecular weight excluding hydrogens is 292 g/mol. The number of hydrogen-bond acceptors (Lipinski definition) is 5. The molecule has 0 fully saturated rings. The lowest BCUT2D eigenvalue weighted by molar-refractivity contribution is 0.0526. The highest BCUT2D eigenvalue weighted by molar-refractivity contribution is 7.89. The fourth-order valence-corrected chi connectivity index (χ4v) is 2.85. The van der Waals surface area contributed by atoms with Crippen LogP contribution in [0.25, 0.3) is 0 Å². The number of rotatable bonds is 7. The van der Waals surface area contributed by atoms with Gasteiger partial charge in [-0.15, -0.1) is 0 Å². The van der Waals surface area contributed by atoms with E-state index in [2.05, 4.69) is 0 Å². The molecule has 0 N–H and O–H groups in total. The van der Waals surface area contributed by atoms with Crippen LogP contribution in [-0.2, 0) is 14.8 Å². The Morgan fingerprint density at radius 2 is 1.86 bits per heavy atom. The summed E-state index contributed by atoms with van der Waals surface area (Å²) in [6.45, 7) is 2.94.